The van der Waals surface area contributed by atoms with Crippen LogP contribution < -0.4 is 10.6 Å². The molecule has 1 atom stereocenters. The molecule has 0 aliphatic heterocycles. The molecule has 1 unspecified atom stereocenters. The Morgan fingerprint density at radius 2 is 2.00 bits per heavy atom. The van der Waals surface area contributed by atoms with E-state index in [1.165, 1.54) is 0 Å². The lowest BCUT2D eigenvalue weighted by atomic mass is 10.0. The van der Waals surface area contributed by atoms with E-state index in [9.17, 15) is 9.90 Å². The van der Waals surface area contributed by atoms with Gasteiger partial charge in [-0.1, -0.05) is 30.3 Å². The number of benzene rings is 2. The fourth-order valence-electron chi connectivity index (χ4n) is 2.46. The van der Waals surface area contributed by atoms with Crippen molar-refractivity contribution in [1.82, 2.24) is 5.32 Å². The second kappa shape index (κ2) is 7.79. The largest absolute Gasteiger partial charge is 0.392 e. The first-order valence-electron chi connectivity index (χ1n) is 7.90. The maximum atomic E-state index is 12.0. The maximum Gasteiger partial charge on any atom is 0.251 e. The van der Waals surface area contributed by atoms with Gasteiger partial charge >= 0.3 is 0 Å². The van der Waals surface area contributed by atoms with Crippen LogP contribution in [0.2, 0.25) is 0 Å². The van der Waals surface area contributed by atoms with Crippen LogP contribution in [-0.2, 0) is 6.61 Å². The molecular formula is C19H24N2O2. The number of aryl methyl sites for hydroxylation is 1. The van der Waals surface area contributed by atoms with Crippen LogP contribution in [0.25, 0.3) is 0 Å². The van der Waals surface area contributed by atoms with Gasteiger partial charge in [-0.2, -0.15) is 0 Å². The molecule has 2 aromatic rings. The summed E-state index contributed by atoms with van der Waals surface area (Å²) in [7, 11) is 0. The molecule has 0 aliphatic carbocycles. The summed E-state index contributed by atoms with van der Waals surface area (Å²) in [5, 5.41) is 15.5. The highest BCUT2D eigenvalue weighted by Crippen LogP contribution is 2.24. The van der Waals surface area contributed by atoms with E-state index in [0.29, 0.717) is 12.1 Å². The molecule has 122 valence electrons. The van der Waals surface area contributed by atoms with Crippen molar-refractivity contribution in [3.8, 4) is 0 Å². The van der Waals surface area contributed by atoms with Crippen molar-refractivity contribution >= 4 is 11.6 Å². The van der Waals surface area contributed by atoms with E-state index in [-0.39, 0.29) is 18.6 Å². The van der Waals surface area contributed by atoms with E-state index in [1.54, 1.807) is 0 Å². The quantitative estimate of drug-likeness (QED) is 0.766. The van der Waals surface area contributed by atoms with Gasteiger partial charge in [0.05, 0.1) is 6.61 Å². The predicted molar refractivity (Wildman–Crippen MR) is 93.6 cm³/mol. The first-order chi connectivity index (χ1) is 11.0. The average Bonchev–Trinajstić information content (AvgIpc) is 2.57. The fourth-order valence-corrected chi connectivity index (χ4v) is 2.46. The Labute approximate surface area is 137 Å². The lowest BCUT2D eigenvalue weighted by molar-refractivity contribution is 0.0956. The highest BCUT2D eigenvalue weighted by Gasteiger charge is 2.11. The summed E-state index contributed by atoms with van der Waals surface area (Å²) in [6, 6.07) is 13.6. The third-order valence-corrected chi connectivity index (χ3v) is 3.84. The van der Waals surface area contributed by atoms with Crippen molar-refractivity contribution in [3.63, 3.8) is 0 Å². The SMILES string of the molecule is CCNC(=O)c1ccc(C)c(NC(C)c2cccc(CO)c2)c1. The number of rotatable bonds is 6. The third-order valence-electron chi connectivity index (χ3n) is 3.84. The van der Waals surface area contributed by atoms with Gasteiger partial charge in [0.25, 0.3) is 5.91 Å². The monoisotopic (exact) mass is 312 g/mol. The molecule has 0 aliphatic rings. The number of amides is 1. The standard InChI is InChI=1S/C19H24N2O2/c1-4-20-19(23)17-9-8-13(2)18(11-17)21-14(3)16-7-5-6-15(10-16)12-22/h5-11,14,21-22H,4,12H2,1-3H3,(H,20,23). The Bertz CT molecular complexity index is 683. The fraction of sp³-hybridized carbons (Fsp3) is 0.316. The van der Waals surface area contributed by atoms with Crippen LogP contribution in [0.5, 0.6) is 0 Å². The van der Waals surface area contributed by atoms with Gasteiger partial charge in [-0.3, -0.25) is 4.79 Å². The van der Waals surface area contributed by atoms with Gasteiger partial charge in [-0.15, -0.1) is 0 Å². The van der Waals surface area contributed by atoms with Crippen molar-refractivity contribution in [2.45, 2.75) is 33.4 Å². The zero-order chi connectivity index (χ0) is 16.8. The average molecular weight is 312 g/mol. The van der Waals surface area contributed by atoms with E-state index < -0.39 is 0 Å². The summed E-state index contributed by atoms with van der Waals surface area (Å²) in [4.78, 5) is 12.0. The molecule has 0 aromatic heterocycles. The maximum absolute atomic E-state index is 12.0. The van der Waals surface area contributed by atoms with Crippen molar-refractivity contribution in [1.29, 1.82) is 0 Å². The minimum atomic E-state index is -0.0644. The summed E-state index contributed by atoms with van der Waals surface area (Å²) >= 11 is 0. The van der Waals surface area contributed by atoms with E-state index in [0.717, 1.165) is 22.4 Å². The second-order valence-electron chi connectivity index (χ2n) is 5.66. The number of aliphatic hydroxyl groups is 1. The van der Waals surface area contributed by atoms with Crippen LogP contribution in [0.4, 0.5) is 5.69 Å². The minimum Gasteiger partial charge on any atom is -0.392 e. The van der Waals surface area contributed by atoms with Gasteiger partial charge in [0, 0.05) is 23.8 Å². The number of hydrogen-bond acceptors (Lipinski definition) is 3. The molecule has 2 rings (SSSR count). The molecule has 0 heterocycles. The third kappa shape index (κ3) is 4.33. The van der Waals surface area contributed by atoms with Crippen LogP contribution in [0.15, 0.2) is 42.5 Å². The van der Waals surface area contributed by atoms with Crippen molar-refractivity contribution in [2.75, 3.05) is 11.9 Å². The van der Waals surface area contributed by atoms with Crippen molar-refractivity contribution < 1.29 is 9.90 Å². The van der Waals surface area contributed by atoms with E-state index in [2.05, 4.69) is 17.6 Å². The summed E-state index contributed by atoms with van der Waals surface area (Å²) in [6.07, 6.45) is 0. The number of nitrogens with one attached hydrogen (secondary N) is 2. The normalized spacial score (nSPS) is 11.8. The topological polar surface area (TPSA) is 61.4 Å². The molecule has 4 heteroatoms. The smallest absolute Gasteiger partial charge is 0.251 e. The zero-order valence-electron chi connectivity index (χ0n) is 13.9. The van der Waals surface area contributed by atoms with Crippen LogP contribution in [0.3, 0.4) is 0 Å². The van der Waals surface area contributed by atoms with Crippen LogP contribution >= 0.6 is 0 Å². The molecule has 0 radical (unpaired) electrons. The van der Waals surface area contributed by atoms with E-state index in [4.69, 9.17) is 0 Å². The van der Waals surface area contributed by atoms with Crippen LogP contribution in [0, 0.1) is 6.92 Å². The lowest BCUT2D eigenvalue weighted by Crippen LogP contribution is -2.22. The first kappa shape index (κ1) is 17.0. The summed E-state index contributed by atoms with van der Waals surface area (Å²) < 4.78 is 0. The number of anilines is 1. The Balaban J connectivity index is 2.21. The zero-order valence-corrected chi connectivity index (χ0v) is 13.9. The van der Waals surface area contributed by atoms with Gasteiger partial charge in [-0.25, -0.2) is 0 Å². The highest BCUT2D eigenvalue weighted by molar-refractivity contribution is 5.95. The molecule has 0 fully saturated rings. The molecule has 1 amide bonds. The number of carbonyl (C=O) groups excluding carboxylic acids is 1. The Hall–Kier alpha value is -2.33. The summed E-state index contributed by atoms with van der Waals surface area (Å²) in [5.74, 6) is -0.0644. The predicted octanol–water partition coefficient (Wildman–Crippen LogP) is 3.41. The Morgan fingerprint density at radius 1 is 1.22 bits per heavy atom. The minimum absolute atomic E-state index is 0.0340. The van der Waals surface area contributed by atoms with Gasteiger partial charge in [0.15, 0.2) is 0 Å². The molecule has 23 heavy (non-hydrogen) atoms. The van der Waals surface area contributed by atoms with Gasteiger partial charge in [-0.05, 0) is 49.6 Å². The Kier molecular flexibility index (Phi) is 5.77. The summed E-state index contributed by atoms with van der Waals surface area (Å²) in [6.45, 7) is 6.63. The van der Waals surface area contributed by atoms with Gasteiger partial charge < -0.3 is 15.7 Å². The molecule has 2 aromatic carbocycles. The highest BCUT2D eigenvalue weighted by atomic mass is 16.3. The molecule has 4 nitrogen and oxygen atoms in total. The van der Waals surface area contributed by atoms with Crippen molar-refractivity contribution in [2.24, 2.45) is 0 Å². The van der Waals surface area contributed by atoms with Crippen LogP contribution in [0.1, 0.15) is 46.9 Å². The Morgan fingerprint density at radius 3 is 2.70 bits per heavy atom. The second-order valence-corrected chi connectivity index (χ2v) is 5.66. The van der Waals surface area contributed by atoms with Crippen LogP contribution in [-0.4, -0.2) is 17.6 Å². The molecule has 0 bridgehead atoms. The van der Waals surface area contributed by atoms with Crippen molar-refractivity contribution in [3.05, 3.63) is 64.7 Å². The molecule has 0 saturated heterocycles. The summed E-state index contributed by atoms with van der Waals surface area (Å²) in [5.41, 5.74) is 4.67. The first-order valence-corrected chi connectivity index (χ1v) is 7.90. The molecular weight excluding hydrogens is 288 g/mol. The lowest BCUT2D eigenvalue weighted by Gasteiger charge is -2.19. The van der Waals surface area contributed by atoms with Gasteiger partial charge in [0.2, 0.25) is 0 Å². The molecule has 0 saturated carbocycles. The van der Waals surface area contributed by atoms with E-state index in [1.807, 2.05) is 56.3 Å². The number of carbonyl (C=O) groups is 1. The number of hydrogen-bond donors (Lipinski definition) is 3. The van der Waals surface area contributed by atoms with E-state index >= 15 is 0 Å². The molecule has 3 N–H and O–H groups in total. The number of aliphatic hydroxyl groups excluding tert-OH is 1. The molecule has 0 spiro atoms. The van der Waals surface area contributed by atoms with Gasteiger partial charge in [0.1, 0.15) is 0 Å².